The van der Waals surface area contributed by atoms with Crippen molar-refractivity contribution in [3.63, 3.8) is 0 Å². The van der Waals surface area contributed by atoms with Crippen LogP contribution in [-0.2, 0) is 22.5 Å². The Kier molecular flexibility index (Phi) is 5.72. The van der Waals surface area contributed by atoms with Crippen molar-refractivity contribution >= 4 is 33.1 Å². The molecule has 0 radical (unpaired) electrons. The Morgan fingerprint density at radius 3 is 2.70 bits per heavy atom. The van der Waals surface area contributed by atoms with Crippen molar-refractivity contribution in [3.05, 3.63) is 68.8 Å². The highest BCUT2D eigenvalue weighted by molar-refractivity contribution is 7.16. The summed E-state index contributed by atoms with van der Waals surface area (Å²) in [6, 6.07) is 10.2. The number of benzene rings is 2. The highest BCUT2D eigenvalue weighted by Gasteiger charge is 2.10. The fourth-order valence-corrected chi connectivity index (χ4v) is 3.69. The largest absolute Gasteiger partial charge is 0.383 e. The minimum Gasteiger partial charge on any atom is -0.383 e. The van der Waals surface area contributed by atoms with E-state index in [0.717, 1.165) is 5.52 Å². The molecule has 0 aliphatic rings. The number of hydrogen-bond acceptors (Lipinski definition) is 5. The van der Waals surface area contributed by atoms with Crippen LogP contribution in [0.1, 0.15) is 5.56 Å². The van der Waals surface area contributed by atoms with Crippen molar-refractivity contribution in [1.29, 1.82) is 0 Å². The van der Waals surface area contributed by atoms with Gasteiger partial charge in [0.15, 0.2) is 4.80 Å². The number of methoxy groups -OCH3 is 1. The lowest BCUT2D eigenvalue weighted by molar-refractivity contribution is -0.384. The molecule has 0 aliphatic heterocycles. The molecule has 0 unspecified atom stereocenters. The van der Waals surface area contributed by atoms with Crippen LogP contribution in [0.5, 0.6) is 0 Å². The number of non-ortho nitro benzene ring substituents is 1. The minimum absolute atomic E-state index is 0.0187. The monoisotopic (exact) mass is 389 g/mol. The van der Waals surface area contributed by atoms with Gasteiger partial charge < -0.3 is 9.30 Å². The lowest BCUT2D eigenvalue weighted by Crippen LogP contribution is -2.19. The molecule has 7 nitrogen and oxygen atoms in total. The van der Waals surface area contributed by atoms with Gasteiger partial charge in [-0.15, -0.1) is 0 Å². The quantitative estimate of drug-likeness (QED) is 0.479. The summed E-state index contributed by atoms with van der Waals surface area (Å²) in [4.78, 5) is 27.2. The van der Waals surface area contributed by atoms with Crippen molar-refractivity contribution in [2.45, 2.75) is 13.0 Å². The van der Waals surface area contributed by atoms with E-state index in [2.05, 4.69) is 4.99 Å². The highest BCUT2D eigenvalue weighted by atomic mass is 32.1. The van der Waals surface area contributed by atoms with Gasteiger partial charge in [-0.3, -0.25) is 14.9 Å². The predicted octanol–water partition coefficient (Wildman–Crippen LogP) is 3.07. The van der Waals surface area contributed by atoms with Gasteiger partial charge in [-0.2, -0.15) is 4.99 Å². The molecule has 0 bridgehead atoms. The summed E-state index contributed by atoms with van der Waals surface area (Å²) in [6.45, 7) is 0.902. The van der Waals surface area contributed by atoms with Gasteiger partial charge in [0.2, 0.25) is 0 Å². The van der Waals surface area contributed by atoms with Gasteiger partial charge in [0, 0.05) is 25.8 Å². The van der Waals surface area contributed by atoms with Crippen LogP contribution in [0.3, 0.4) is 0 Å². The van der Waals surface area contributed by atoms with E-state index >= 15 is 0 Å². The first-order chi connectivity index (χ1) is 13.0. The molecule has 140 valence electrons. The van der Waals surface area contributed by atoms with Crippen molar-refractivity contribution in [2.75, 3.05) is 13.7 Å². The number of nitro benzene ring substituents is 1. The maximum atomic E-state index is 13.5. The number of rotatable bonds is 6. The van der Waals surface area contributed by atoms with E-state index in [0.29, 0.717) is 28.2 Å². The van der Waals surface area contributed by atoms with Crippen LogP contribution >= 0.6 is 11.3 Å². The number of amides is 1. The van der Waals surface area contributed by atoms with Crippen molar-refractivity contribution in [1.82, 2.24) is 4.57 Å². The second kappa shape index (κ2) is 8.19. The SMILES string of the molecule is COCCn1c(=NC(=O)Cc2ccc([N+](=O)[O-])cc2)sc2cc(F)ccc21. The molecule has 0 atom stereocenters. The Balaban J connectivity index is 1.91. The molecule has 27 heavy (non-hydrogen) atoms. The smallest absolute Gasteiger partial charge is 0.269 e. The van der Waals surface area contributed by atoms with Gasteiger partial charge in [0.05, 0.1) is 28.2 Å². The zero-order chi connectivity index (χ0) is 19.4. The summed E-state index contributed by atoms with van der Waals surface area (Å²) in [5.74, 6) is -0.742. The number of nitro groups is 1. The Morgan fingerprint density at radius 1 is 1.30 bits per heavy atom. The molecule has 1 aromatic heterocycles. The molecule has 1 amide bonds. The molecule has 0 N–H and O–H groups in total. The summed E-state index contributed by atoms with van der Waals surface area (Å²) in [7, 11) is 1.57. The lowest BCUT2D eigenvalue weighted by Gasteiger charge is -2.04. The summed E-state index contributed by atoms with van der Waals surface area (Å²) < 4.78 is 21.1. The third kappa shape index (κ3) is 4.44. The van der Waals surface area contributed by atoms with Crippen molar-refractivity contribution in [2.24, 2.45) is 4.99 Å². The highest BCUT2D eigenvalue weighted by Crippen LogP contribution is 2.19. The van der Waals surface area contributed by atoms with E-state index in [-0.39, 0.29) is 23.8 Å². The molecule has 0 aliphatic carbocycles. The van der Waals surface area contributed by atoms with E-state index in [9.17, 15) is 19.3 Å². The average Bonchev–Trinajstić information content (AvgIpc) is 2.96. The zero-order valence-corrected chi connectivity index (χ0v) is 15.2. The van der Waals surface area contributed by atoms with Crippen LogP contribution in [0, 0.1) is 15.9 Å². The number of thiazole rings is 1. The van der Waals surface area contributed by atoms with E-state index in [1.165, 1.54) is 47.7 Å². The van der Waals surface area contributed by atoms with Gasteiger partial charge >= 0.3 is 0 Å². The molecular formula is C18H16FN3O4S. The van der Waals surface area contributed by atoms with E-state index in [4.69, 9.17) is 4.74 Å². The lowest BCUT2D eigenvalue weighted by atomic mass is 10.1. The topological polar surface area (TPSA) is 86.7 Å². The molecule has 3 rings (SSSR count). The van der Waals surface area contributed by atoms with E-state index in [1.807, 2.05) is 4.57 Å². The molecule has 0 saturated carbocycles. The Bertz CT molecular complexity index is 1060. The summed E-state index contributed by atoms with van der Waals surface area (Å²) in [5.41, 5.74) is 1.37. The molecular weight excluding hydrogens is 373 g/mol. The van der Waals surface area contributed by atoms with Crippen LogP contribution in [0.25, 0.3) is 10.2 Å². The second-order valence-corrected chi connectivity index (χ2v) is 6.76. The van der Waals surface area contributed by atoms with Crippen LogP contribution in [0.4, 0.5) is 10.1 Å². The van der Waals surface area contributed by atoms with E-state index < -0.39 is 4.92 Å². The standard InChI is InChI=1S/C18H16FN3O4S/c1-26-9-8-21-15-7-4-13(19)11-16(15)27-18(21)20-17(23)10-12-2-5-14(6-3-12)22(24)25/h2-7,11H,8-10H2,1H3. The number of aromatic nitrogens is 1. The normalized spacial score (nSPS) is 11.9. The Morgan fingerprint density at radius 2 is 2.04 bits per heavy atom. The Hall–Kier alpha value is -2.91. The van der Waals surface area contributed by atoms with Gasteiger partial charge in [-0.05, 0) is 23.8 Å². The number of hydrogen-bond donors (Lipinski definition) is 0. The molecule has 1 heterocycles. The zero-order valence-electron chi connectivity index (χ0n) is 14.4. The number of halogens is 1. The summed E-state index contributed by atoms with van der Waals surface area (Å²) >= 11 is 1.22. The van der Waals surface area contributed by atoms with Crippen LogP contribution in [0.2, 0.25) is 0 Å². The maximum absolute atomic E-state index is 13.5. The Labute approximate surface area is 157 Å². The number of carbonyl (C=O) groups is 1. The first-order valence-corrected chi connectivity index (χ1v) is 8.88. The molecule has 3 aromatic rings. The summed E-state index contributed by atoms with van der Waals surface area (Å²) in [5, 5.41) is 10.7. The summed E-state index contributed by atoms with van der Waals surface area (Å²) in [6.07, 6.45) is 0.0187. The molecule has 0 fully saturated rings. The van der Waals surface area contributed by atoms with Crippen LogP contribution in [-0.4, -0.2) is 29.1 Å². The molecule has 0 saturated heterocycles. The first-order valence-electron chi connectivity index (χ1n) is 8.06. The van der Waals surface area contributed by atoms with Crippen LogP contribution in [0.15, 0.2) is 47.5 Å². The van der Waals surface area contributed by atoms with Gasteiger partial charge in [-0.1, -0.05) is 23.5 Å². The fourth-order valence-electron chi connectivity index (χ4n) is 2.59. The number of nitrogens with zero attached hydrogens (tertiary/aromatic N) is 3. The van der Waals surface area contributed by atoms with Gasteiger partial charge in [0.1, 0.15) is 5.82 Å². The van der Waals surface area contributed by atoms with Crippen molar-refractivity contribution < 1.29 is 18.8 Å². The molecule has 0 spiro atoms. The number of ether oxygens (including phenoxy) is 1. The average molecular weight is 389 g/mol. The predicted molar refractivity (Wildman–Crippen MR) is 99.0 cm³/mol. The van der Waals surface area contributed by atoms with Crippen LogP contribution < -0.4 is 4.80 Å². The molecule has 9 heteroatoms. The molecule has 2 aromatic carbocycles. The minimum atomic E-state index is -0.495. The van der Waals surface area contributed by atoms with Gasteiger partial charge in [0.25, 0.3) is 11.6 Å². The van der Waals surface area contributed by atoms with Crippen molar-refractivity contribution in [3.8, 4) is 0 Å². The van der Waals surface area contributed by atoms with Gasteiger partial charge in [-0.25, -0.2) is 4.39 Å². The maximum Gasteiger partial charge on any atom is 0.269 e. The number of carbonyl (C=O) groups excluding carboxylic acids is 1. The first kappa shape index (κ1) is 18.9. The second-order valence-electron chi connectivity index (χ2n) is 5.75. The number of fused-ring (bicyclic) bond motifs is 1. The third-order valence-electron chi connectivity index (χ3n) is 3.89. The van der Waals surface area contributed by atoms with E-state index in [1.54, 1.807) is 13.2 Å². The fraction of sp³-hybridized carbons (Fsp3) is 0.222. The third-order valence-corrected chi connectivity index (χ3v) is 4.93.